The standard InChI is InChI=1S/C20H19Cl2N5O2S/c1-12-10-17(26-20(23-12)27-6-8-29-9-7-27)24-13-2-4-14(5-3-13)25-19(28)15-11-16(21)30-18(15)22/h2-5,10-11H,6-9H2,1H3,(H,25,28)(H,23,24,26). The van der Waals surface area contributed by atoms with Crippen LogP contribution in [0.5, 0.6) is 0 Å². The number of thiophene rings is 1. The second kappa shape index (κ2) is 9.18. The SMILES string of the molecule is Cc1cc(Nc2ccc(NC(=O)c3cc(Cl)sc3Cl)cc2)nc(N2CCOCC2)n1. The van der Waals surface area contributed by atoms with Crippen molar-refractivity contribution in [2.75, 3.05) is 41.8 Å². The zero-order valence-corrected chi connectivity index (χ0v) is 18.4. The molecule has 0 radical (unpaired) electrons. The number of ether oxygens (including phenoxy) is 1. The lowest BCUT2D eigenvalue weighted by atomic mass is 10.2. The van der Waals surface area contributed by atoms with Crippen LogP contribution >= 0.6 is 34.5 Å². The molecule has 1 amide bonds. The van der Waals surface area contributed by atoms with E-state index in [-0.39, 0.29) is 5.91 Å². The molecule has 2 N–H and O–H groups in total. The normalized spacial score (nSPS) is 13.9. The molecule has 0 bridgehead atoms. The van der Waals surface area contributed by atoms with Crippen molar-refractivity contribution in [1.29, 1.82) is 0 Å². The first-order chi connectivity index (χ1) is 14.5. The second-order valence-corrected chi connectivity index (χ2v) is 8.97. The third-order valence-corrected chi connectivity index (χ3v) is 5.94. The molecule has 3 aromatic rings. The van der Waals surface area contributed by atoms with Crippen LogP contribution in [0.4, 0.5) is 23.1 Å². The summed E-state index contributed by atoms with van der Waals surface area (Å²) in [5.74, 6) is 1.10. The number of carbonyl (C=O) groups is 1. The Labute approximate surface area is 188 Å². The minimum Gasteiger partial charge on any atom is -0.378 e. The number of rotatable bonds is 5. The van der Waals surface area contributed by atoms with Crippen molar-refractivity contribution in [2.24, 2.45) is 0 Å². The number of nitrogens with zero attached hydrogens (tertiary/aromatic N) is 3. The molecule has 1 aliphatic rings. The van der Waals surface area contributed by atoms with Crippen LogP contribution in [0.3, 0.4) is 0 Å². The molecule has 4 rings (SSSR count). The van der Waals surface area contributed by atoms with Gasteiger partial charge >= 0.3 is 0 Å². The van der Waals surface area contributed by atoms with Crippen LogP contribution in [-0.2, 0) is 4.74 Å². The molecule has 0 unspecified atom stereocenters. The molecule has 0 aliphatic carbocycles. The highest BCUT2D eigenvalue weighted by Gasteiger charge is 2.16. The molecular formula is C20H19Cl2N5O2S. The van der Waals surface area contributed by atoms with E-state index >= 15 is 0 Å². The summed E-state index contributed by atoms with van der Waals surface area (Å²) < 4.78 is 6.24. The summed E-state index contributed by atoms with van der Waals surface area (Å²) >= 11 is 13.1. The van der Waals surface area contributed by atoms with Gasteiger partial charge in [0.15, 0.2) is 0 Å². The average molecular weight is 464 g/mol. The minimum absolute atomic E-state index is 0.301. The average Bonchev–Trinajstić information content (AvgIpc) is 3.08. The van der Waals surface area contributed by atoms with Crippen LogP contribution in [0, 0.1) is 6.92 Å². The summed E-state index contributed by atoms with van der Waals surface area (Å²) in [6.07, 6.45) is 0. The summed E-state index contributed by atoms with van der Waals surface area (Å²) in [5.41, 5.74) is 2.73. The van der Waals surface area contributed by atoms with Gasteiger partial charge in [-0.05, 0) is 37.3 Å². The van der Waals surface area contributed by atoms with Crippen molar-refractivity contribution >= 4 is 63.6 Å². The molecule has 0 spiro atoms. The van der Waals surface area contributed by atoms with Gasteiger partial charge in [0.2, 0.25) is 5.95 Å². The molecule has 10 heteroatoms. The van der Waals surface area contributed by atoms with E-state index in [1.807, 2.05) is 25.1 Å². The summed E-state index contributed by atoms with van der Waals surface area (Å²) in [7, 11) is 0. The monoisotopic (exact) mass is 463 g/mol. The highest BCUT2D eigenvalue weighted by Crippen LogP contribution is 2.31. The molecular weight excluding hydrogens is 445 g/mol. The highest BCUT2D eigenvalue weighted by molar-refractivity contribution is 7.20. The Kier molecular flexibility index (Phi) is 6.38. The maximum Gasteiger partial charge on any atom is 0.258 e. The number of aryl methyl sites for hydroxylation is 1. The number of aromatic nitrogens is 2. The number of carbonyl (C=O) groups excluding carboxylic acids is 1. The number of morpholine rings is 1. The van der Waals surface area contributed by atoms with Gasteiger partial charge in [-0.1, -0.05) is 23.2 Å². The minimum atomic E-state index is -0.301. The first kappa shape index (κ1) is 20.9. The van der Waals surface area contributed by atoms with Crippen LogP contribution in [0.1, 0.15) is 16.1 Å². The van der Waals surface area contributed by atoms with E-state index in [1.54, 1.807) is 18.2 Å². The van der Waals surface area contributed by atoms with Gasteiger partial charge in [0.1, 0.15) is 10.2 Å². The summed E-state index contributed by atoms with van der Waals surface area (Å²) in [4.78, 5) is 23.6. The fraction of sp³-hybridized carbons (Fsp3) is 0.250. The van der Waals surface area contributed by atoms with Crippen LogP contribution in [0.15, 0.2) is 36.4 Å². The first-order valence-electron chi connectivity index (χ1n) is 9.29. The quantitative estimate of drug-likeness (QED) is 0.554. The molecule has 2 aromatic heterocycles. The van der Waals surface area contributed by atoms with Crippen molar-refractivity contribution in [3.05, 3.63) is 56.3 Å². The number of halogens is 2. The van der Waals surface area contributed by atoms with Gasteiger partial charge in [-0.15, -0.1) is 11.3 Å². The lowest BCUT2D eigenvalue weighted by Crippen LogP contribution is -2.37. The van der Waals surface area contributed by atoms with E-state index in [4.69, 9.17) is 27.9 Å². The molecule has 1 aliphatic heterocycles. The molecule has 7 nitrogen and oxygen atoms in total. The van der Waals surface area contributed by atoms with Gasteiger partial charge in [-0.2, -0.15) is 4.98 Å². The van der Waals surface area contributed by atoms with Crippen LogP contribution in [0.25, 0.3) is 0 Å². The molecule has 1 aromatic carbocycles. The zero-order valence-electron chi connectivity index (χ0n) is 16.1. The lowest BCUT2D eigenvalue weighted by molar-refractivity contribution is 0.102. The number of amides is 1. The molecule has 0 saturated carbocycles. The first-order valence-corrected chi connectivity index (χ1v) is 10.9. The highest BCUT2D eigenvalue weighted by atomic mass is 35.5. The molecule has 0 atom stereocenters. The topological polar surface area (TPSA) is 79.4 Å². The maximum absolute atomic E-state index is 12.4. The van der Waals surface area contributed by atoms with Gasteiger partial charge in [0, 0.05) is 36.2 Å². The predicted molar refractivity (Wildman–Crippen MR) is 122 cm³/mol. The van der Waals surface area contributed by atoms with Crippen molar-refractivity contribution < 1.29 is 9.53 Å². The Morgan fingerprint density at radius 2 is 1.80 bits per heavy atom. The maximum atomic E-state index is 12.4. The zero-order chi connectivity index (χ0) is 21.1. The van der Waals surface area contributed by atoms with Crippen LogP contribution < -0.4 is 15.5 Å². The fourth-order valence-corrected chi connectivity index (χ4v) is 4.46. The molecule has 1 saturated heterocycles. The van der Waals surface area contributed by atoms with Gasteiger partial charge in [-0.3, -0.25) is 4.79 Å². The van der Waals surface area contributed by atoms with Crippen molar-refractivity contribution in [3.8, 4) is 0 Å². The van der Waals surface area contributed by atoms with E-state index in [0.717, 1.165) is 35.8 Å². The lowest BCUT2D eigenvalue weighted by Gasteiger charge is -2.27. The molecule has 156 valence electrons. The Bertz CT molecular complexity index is 1050. The van der Waals surface area contributed by atoms with Gasteiger partial charge in [-0.25, -0.2) is 4.98 Å². The van der Waals surface area contributed by atoms with Crippen molar-refractivity contribution in [2.45, 2.75) is 6.92 Å². The van der Waals surface area contributed by atoms with Crippen molar-refractivity contribution in [1.82, 2.24) is 9.97 Å². The largest absolute Gasteiger partial charge is 0.378 e. The number of benzene rings is 1. The fourth-order valence-electron chi connectivity index (χ4n) is 3.00. The second-order valence-electron chi connectivity index (χ2n) is 6.69. The van der Waals surface area contributed by atoms with E-state index in [2.05, 4.69) is 25.5 Å². The number of hydrogen-bond donors (Lipinski definition) is 2. The third kappa shape index (κ3) is 5.02. The van der Waals surface area contributed by atoms with E-state index < -0.39 is 0 Å². The Hall–Kier alpha value is -2.39. The molecule has 30 heavy (non-hydrogen) atoms. The smallest absolute Gasteiger partial charge is 0.258 e. The van der Waals surface area contributed by atoms with E-state index in [9.17, 15) is 4.79 Å². The summed E-state index contributed by atoms with van der Waals surface area (Å²) in [6, 6.07) is 10.8. The number of nitrogens with one attached hydrogen (secondary N) is 2. The van der Waals surface area contributed by atoms with Crippen LogP contribution in [0.2, 0.25) is 8.67 Å². The Morgan fingerprint density at radius 3 is 2.47 bits per heavy atom. The summed E-state index contributed by atoms with van der Waals surface area (Å²) in [6.45, 7) is 4.84. The summed E-state index contributed by atoms with van der Waals surface area (Å²) in [5, 5.41) is 6.11. The van der Waals surface area contributed by atoms with Gasteiger partial charge in [0.05, 0.1) is 23.1 Å². The van der Waals surface area contributed by atoms with Crippen LogP contribution in [-0.4, -0.2) is 42.2 Å². The number of hydrogen-bond acceptors (Lipinski definition) is 7. The van der Waals surface area contributed by atoms with Crippen molar-refractivity contribution in [3.63, 3.8) is 0 Å². The number of anilines is 4. The molecule has 3 heterocycles. The third-order valence-electron chi connectivity index (χ3n) is 4.45. The van der Waals surface area contributed by atoms with Gasteiger partial charge in [0.25, 0.3) is 5.91 Å². The Morgan fingerprint density at radius 1 is 1.10 bits per heavy atom. The van der Waals surface area contributed by atoms with E-state index in [0.29, 0.717) is 44.9 Å². The molecule has 1 fully saturated rings. The van der Waals surface area contributed by atoms with Gasteiger partial charge < -0.3 is 20.3 Å². The Balaban J connectivity index is 1.44. The predicted octanol–water partition coefficient (Wildman–Crippen LogP) is 4.99. The van der Waals surface area contributed by atoms with E-state index in [1.165, 1.54) is 0 Å².